The Morgan fingerprint density at radius 1 is 1.08 bits per heavy atom. The first kappa shape index (κ1) is 24.8. The van der Waals surface area contributed by atoms with E-state index in [-0.39, 0.29) is 41.4 Å². The third kappa shape index (κ3) is 5.14. The Morgan fingerprint density at radius 2 is 1.81 bits per heavy atom. The lowest BCUT2D eigenvalue weighted by Gasteiger charge is -2.41. The van der Waals surface area contributed by atoms with Crippen molar-refractivity contribution in [3.63, 3.8) is 0 Å². The van der Waals surface area contributed by atoms with E-state index in [1.807, 2.05) is 54.7 Å². The number of carbonyl (C=O) groups is 2. The van der Waals surface area contributed by atoms with E-state index in [1.165, 1.54) is 0 Å². The zero-order chi connectivity index (χ0) is 25.6. The number of nitrogens with zero attached hydrogens (tertiary/aromatic N) is 4. The van der Waals surface area contributed by atoms with Crippen LogP contribution < -0.4 is 9.80 Å². The van der Waals surface area contributed by atoms with Crippen molar-refractivity contribution in [2.45, 2.75) is 65.1 Å². The number of fused-ring (bicyclic) bond motifs is 1. The number of rotatable bonds is 5. The molecular formula is C26H34N4O5S. The first-order valence-electron chi connectivity index (χ1n) is 12.8. The molecule has 1 aromatic carbocycles. The Hall–Kier alpha value is -2.88. The zero-order valence-corrected chi connectivity index (χ0v) is 21.9. The Balaban J connectivity index is 1.42. The van der Waals surface area contributed by atoms with E-state index in [4.69, 9.17) is 4.74 Å². The molecule has 0 bridgehead atoms. The van der Waals surface area contributed by atoms with Crippen molar-refractivity contribution in [2.75, 3.05) is 27.9 Å². The highest BCUT2D eigenvalue weighted by molar-refractivity contribution is 7.91. The van der Waals surface area contributed by atoms with E-state index in [9.17, 15) is 18.0 Å². The lowest BCUT2D eigenvalue weighted by atomic mass is 10.0. The molecule has 0 unspecified atom stereocenters. The van der Waals surface area contributed by atoms with E-state index in [0.29, 0.717) is 31.6 Å². The summed E-state index contributed by atoms with van der Waals surface area (Å²) in [6, 6.07) is 5.66. The highest BCUT2D eigenvalue weighted by Gasteiger charge is 2.41. The second kappa shape index (κ2) is 9.53. The highest BCUT2D eigenvalue weighted by atomic mass is 32.2. The third-order valence-corrected chi connectivity index (χ3v) is 8.94. The predicted octanol–water partition coefficient (Wildman–Crippen LogP) is 3.87. The van der Waals surface area contributed by atoms with Crippen molar-refractivity contribution in [2.24, 2.45) is 11.8 Å². The van der Waals surface area contributed by atoms with Crippen LogP contribution in [0, 0.1) is 11.8 Å². The van der Waals surface area contributed by atoms with Crippen LogP contribution in [0.5, 0.6) is 0 Å². The molecule has 3 heterocycles. The average Bonchev–Trinajstić information content (AvgIpc) is 3.57. The number of benzene rings is 1. The molecule has 1 aromatic heterocycles. The summed E-state index contributed by atoms with van der Waals surface area (Å²) in [6.07, 6.45) is 6.23. The van der Waals surface area contributed by atoms with Crippen LogP contribution in [0.2, 0.25) is 0 Å². The number of carbonyl (C=O) groups excluding carboxylic acids is 2. The molecule has 10 heteroatoms. The Labute approximate surface area is 212 Å². The van der Waals surface area contributed by atoms with Crippen molar-refractivity contribution in [1.29, 1.82) is 0 Å². The number of hydrogen-bond donors (Lipinski definition) is 0. The van der Waals surface area contributed by atoms with Gasteiger partial charge in [0.2, 0.25) is 5.91 Å². The summed E-state index contributed by atoms with van der Waals surface area (Å²) in [5.74, 6) is 0.966. The maximum Gasteiger partial charge on any atom is 0.414 e. The lowest BCUT2D eigenvalue weighted by molar-refractivity contribution is -0.120. The van der Waals surface area contributed by atoms with Gasteiger partial charge in [-0.3, -0.25) is 14.4 Å². The number of sulfone groups is 1. The fraction of sp³-hybridized carbons (Fsp3) is 0.577. The van der Waals surface area contributed by atoms with Crippen LogP contribution in [0.3, 0.4) is 0 Å². The van der Waals surface area contributed by atoms with E-state index in [0.717, 1.165) is 29.7 Å². The number of anilines is 2. The van der Waals surface area contributed by atoms with Crippen molar-refractivity contribution < 1.29 is 22.7 Å². The van der Waals surface area contributed by atoms with Crippen molar-refractivity contribution in [3.05, 3.63) is 30.6 Å². The quantitative estimate of drug-likeness (QED) is 0.600. The van der Waals surface area contributed by atoms with E-state index in [1.54, 1.807) is 11.1 Å². The number of ether oxygens (including phenoxy) is 1. The molecule has 2 amide bonds. The summed E-state index contributed by atoms with van der Waals surface area (Å²) < 4.78 is 30.9. The van der Waals surface area contributed by atoms with E-state index < -0.39 is 15.9 Å². The molecule has 194 valence electrons. The van der Waals surface area contributed by atoms with Gasteiger partial charge in [0.25, 0.3) is 0 Å². The summed E-state index contributed by atoms with van der Waals surface area (Å²) in [7, 11) is -2.89. The minimum atomic E-state index is -2.89. The standard InChI is InChI=1S/C26H34N4O5S/c1-17(2)35-26(32)29-14-18(3)30(25(31)20-4-5-20)23-7-6-21(12-24(23)29)22-13-27-28(16-22)15-19-8-10-36(33,34)11-9-19/h6-7,12-13,16-20H,4-5,8-11,14-15H2,1-3H3/t18-/m0/s1. The summed E-state index contributed by atoms with van der Waals surface area (Å²) in [4.78, 5) is 29.6. The van der Waals surface area contributed by atoms with E-state index >= 15 is 0 Å². The normalized spacial score (nSPS) is 21.9. The smallest absolute Gasteiger partial charge is 0.414 e. The molecule has 1 saturated carbocycles. The van der Waals surface area contributed by atoms with Crippen molar-refractivity contribution in [1.82, 2.24) is 9.78 Å². The fourth-order valence-corrected chi connectivity index (χ4v) is 6.69. The van der Waals surface area contributed by atoms with Crippen LogP contribution in [-0.2, 0) is 25.9 Å². The van der Waals surface area contributed by atoms with Crippen LogP contribution in [0.25, 0.3) is 11.1 Å². The van der Waals surface area contributed by atoms with Gasteiger partial charge in [-0.25, -0.2) is 13.2 Å². The molecule has 2 aromatic rings. The summed E-state index contributed by atoms with van der Waals surface area (Å²) in [5.41, 5.74) is 3.18. The van der Waals surface area contributed by atoms with Crippen molar-refractivity contribution in [3.8, 4) is 11.1 Å². The van der Waals surface area contributed by atoms with Crippen LogP contribution in [0.15, 0.2) is 30.6 Å². The van der Waals surface area contributed by atoms with Crippen LogP contribution in [-0.4, -0.2) is 60.4 Å². The lowest BCUT2D eigenvalue weighted by Crippen LogP contribution is -2.52. The van der Waals surface area contributed by atoms with Crippen molar-refractivity contribution >= 4 is 33.2 Å². The summed E-state index contributed by atoms with van der Waals surface area (Å²) in [5, 5.41) is 4.51. The maximum absolute atomic E-state index is 13.1. The molecule has 36 heavy (non-hydrogen) atoms. The molecule has 1 atom stereocenters. The van der Waals surface area contributed by atoms with Gasteiger partial charge in [0.1, 0.15) is 9.84 Å². The van der Waals surface area contributed by atoms with Gasteiger partial charge >= 0.3 is 6.09 Å². The Bertz CT molecular complexity index is 1250. The SMILES string of the molecule is CC(C)OC(=O)N1C[C@H](C)N(C(=O)C2CC2)c2ccc(-c3cnn(CC4CCS(=O)(=O)CC4)c3)cc21. The topological polar surface area (TPSA) is 102 Å². The van der Waals surface area contributed by atoms with Gasteiger partial charge < -0.3 is 9.64 Å². The average molecular weight is 515 g/mol. The van der Waals surface area contributed by atoms with Gasteiger partial charge in [-0.05, 0) is 70.1 Å². The molecule has 2 fully saturated rings. The largest absolute Gasteiger partial charge is 0.446 e. The summed E-state index contributed by atoms with van der Waals surface area (Å²) >= 11 is 0. The number of aromatic nitrogens is 2. The minimum absolute atomic E-state index is 0.0714. The highest BCUT2D eigenvalue weighted by Crippen LogP contribution is 2.42. The minimum Gasteiger partial charge on any atom is -0.446 e. The Kier molecular flexibility index (Phi) is 6.57. The van der Waals surface area contributed by atoms with Crippen LogP contribution in [0.4, 0.5) is 16.2 Å². The molecule has 0 radical (unpaired) electrons. The predicted molar refractivity (Wildman–Crippen MR) is 138 cm³/mol. The van der Waals surface area contributed by atoms with Crippen LogP contribution in [0.1, 0.15) is 46.5 Å². The first-order chi connectivity index (χ1) is 17.1. The van der Waals surface area contributed by atoms with Gasteiger partial charge in [-0.2, -0.15) is 5.10 Å². The summed E-state index contributed by atoms with van der Waals surface area (Å²) in [6.45, 7) is 6.65. The first-order valence-corrected chi connectivity index (χ1v) is 14.6. The molecule has 2 aliphatic heterocycles. The Morgan fingerprint density at radius 3 is 2.47 bits per heavy atom. The van der Waals surface area contributed by atoms with Crippen LogP contribution >= 0.6 is 0 Å². The molecule has 5 rings (SSSR count). The maximum atomic E-state index is 13.1. The molecular weight excluding hydrogens is 480 g/mol. The monoisotopic (exact) mass is 514 g/mol. The number of hydrogen-bond acceptors (Lipinski definition) is 6. The van der Waals surface area contributed by atoms with Gasteiger partial charge in [-0.1, -0.05) is 6.07 Å². The van der Waals surface area contributed by atoms with Gasteiger partial charge in [0.05, 0.1) is 41.2 Å². The second-order valence-electron chi connectivity index (χ2n) is 10.6. The molecule has 0 spiro atoms. The molecule has 0 N–H and O–H groups in total. The van der Waals surface area contributed by atoms with Gasteiger partial charge in [-0.15, -0.1) is 0 Å². The van der Waals surface area contributed by atoms with E-state index in [2.05, 4.69) is 5.10 Å². The molecule has 3 aliphatic rings. The molecule has 1 aliphatic carbocycles. The third-order valence-electron chi connectivity index (χ3n) is 7.22. The fourth-order valence-electron chi connectivity index (χ4n) is 5.10. The molecule has 1 saturated heterocycles. The van der Waals surface area contributed by atoms with Gasteiger partial charge in [0.15, 0.2) is 0 Å². The second-order valence-corrected chi connectivity index (χ2v) is 12.9. The molecule has 9 nitrogen and oxygen atoms in total. The zero-order valence-electron chi connectivity index (χ0n) is 21.1. The van der Waals surface area contributed by atoms with Gasteiger partial charge in [0, 0.05) is 30.8 Å². The number of amides is 2.